The predicted molar refractivity (Wildman–Crippen MR) is 79.2 cm³/mol. The van der Waals surface area contributed by atoms with Crippen LogP contribution < -0.4 is 11.5 Å². The van der Waals surface area contributed by atoms with Gasteiger partial charge in [0.15, 0.2) is 0 Å². The van der Waals surface area contributed by atoms with E-state index in [0.29, 0.717) is 13.1 Å². The molecule has 0 aromatic heterocycles. The van der Waals surface area contributed by atoms with Gasteiger partial charge in [0.25, 0.3) is 0 Å². The second kappa shape index (κ2) is 24.9. The third kappa shape index (κ3) is 31.3. The molecular formula is C14H36N2O. The molecule has 0 amide bonds. The van der Waals surface area contributed by atoms with Crippen LogP contribution in [-0.2, 0) is 0 Å². The smallest absolute Gasteiger partial charge is 0.00461 e. The molecule has 0 aliphatic heterocycles. The maximum atomic E-state index is 4.90. The molecular weight excluding hydrogens is 212 g/mol. The Morgan fingerprint density at radius 1 is 0.529 bits per heavy atom. The molecule has 0 aromatic rings. The third-order valence-electron chi connectivity index (χ3n) is 2.62. The highest BCUT2D eigenvalue weighted by atomic mass is 16.0. The number of nitrogens with two attached hydrogens (primary N) is 2. The van der Waals surface area contributed by atoms with Gasteiger partial charge in [0.1, 0.15) is 0 Å². The van der Waals surface area contributed by atoms with Gasteiger partial charge in [0.2, 0.25) is 0 Å². The molecule has 17 heavy (non-hydrogen) atoms. The second-order valence-corrected chi connectivity index (χ2v) is 4.41. The fourth-order valence-corrected chi connectivity index (χ4v) is 1.56. The summed E-state index contributed by atoms with van der Waals surface area (Å²) < 4.78 is 0. The summed E-state index contributed by atoms with van der Waals surface area (Å²) in [6, 6.07) is 0. The fourth-order valence-electron chi connectivity index (χ4n) is 1.56. The topological polar surface area (TPSA) is 83.5 Å². The van der Waals surface area contributed by atoms with E-state index < -0.39 is 0 Å². The van der Waals surface area contributed by atoms with Crippen molar-refractivity contribution in [3.63, 3.8) is 0 Å². The number of hydrogen-bond donors (Lipinski definition) is 2. The Morgan fingerprint density at radius 3 is 0.941 bits per heavy atom. The Labute approximate surface area is 109 Å². The lowest BCUT2D eigenvalue weighted by atomic mass is 10.1. The summed E-state index contributed by atoms with van der Waals surface area (Å²) in [5.41, 5.74) is 9.81. The van der Waals surface area contributed by atoms with E-state index in [2.05, 4.69) is 13.8 Å². The van der Waals surface area contributed by atoms with Gasteiger partial charge in [-0.2, -0.15) is 0 Å². The van der Waals surface area contributed by atoms with Crippen molar-refractivity contribution in [2.45, 2.75) is 78.1 Å². The predicted octanol–water partition coefficient (Wildman–Crippen LogP) is 3.01. The first-order valence-electron chi connectivity index (χ1n) is 7.23. The molecule has 0 atom stereocenters. The van der Waals surface area contributed by atoms with E-state index in [9.17, 15) is 0 Å². The molecule has 6 N–H and O–H groups in total. The molecule has 0 heterocycles. The Hall–Kier alpha value is -0.120. The molecule has 0 rings (SSSR count). The Balaban J connectivity index is -0.000000340. The molecule has 108 valence electrons. The molecule has 0 saturated carbocycles. The van der Waals surface area contributed by atoms with E-state index in [4.69, 9.17) is 11.5 Å². The van der Waals surface area contributed by atoms with Crippen LogP contribution >= 0.6 is 0 Å². The van der Waals surface area contributed by atoms with Crippen LogP contribution in [0.15, 0.2) is 0 Å². The molecule has 0 aromatic carbocycles. The average Bonchev–Trinajstić information content (AvgIpc) is 2.33. The van der Waals surface area contributed by atoms with Gasteiger partial charge >= 0.3 is 0 Å². The van der Waals surface area contributed by atoms with Gasteiger partial charge in [0, 0.05) is 13.1 Å². The summed E-state index contributed by atoms with van der Waals surface area (Å²) >= 11 is 0. The van der Waals surface area contributed by atoms with E-state index >= 15 is 0 Å². The van der Waals surface area contributed by atoms with Crippen LogP contribution in [0.25, 0.3) is 0 Å². The van der Waals surface area contributed by atoms with Crippen molar-refractivity contribution in [1.29, 1.82) is 0 Å². The minimum Gasteiger partial charge on any atom is -0.412 e. The van der Waals surface area contributed by atoms with Gasteiger partial charge in [-0.05, 0) is 0 Å². The first kappa shape index (κ1) is 22.1. The summed E-state index contributed by atoms with van der Waals surface area (Å²) in [7, 11) is 0. The van der Waals surface area contributed by atoms with E-state index in [-0.39, 0.29) is 5.48 Å². The summed E-state index contributed by atoms with van der Waals surface area (Å²) in [4.78, 5) is 0. The van der Waals surface area contributed by atoms with Crippen LogP contribution in [0.1, 0.15) is 78.1 Å². The SMILES string of the molecule is CCCCCCCCCCCC.NCCN.O. The Kier molecular flexibility index (Phi) is 32.4. The average molecular weight is 248 g/mol. The van der Waals surface area contributed by atoms with Gasteiger partial charge in [-0.25, -0.2) is 0 Å². The zero-order chi connectivity index (χ0) is 12.5. The molecule has 0 fully saturated rings. The molecule has 0 aliphatic rings. The van der Waals surface area contributed by atoms with E-state index in [1.54, 1.807) is 0 Å². The van der Waals surface area contributed by atoms with Crippen LogP contribution in [0, 0.1) is 0 Å². The quantitative estimate of drug-likeness (QED) is 0.582. The van der Waals surface area contributed by atoms with Crippen LogP contribution in [-0.4, -0.2) is 18.6 Å². The van der Waals surface area contributed by atoms with E-state index in [0.717, 1.165) is 0 Å². The highest BCUT2D eigenvalue weighted by Gasteiger charge is 1.90. The van der Waals surface area contributed by atoms with Gasteiger partial charge in [-0.1, -0.05) is 78.1 Å². The lowest BCUT2D eigenvalue weighted by Crippen LogP contribution is -2.11. The van der Waals surface area contributed by atoms with Crippen LogP contribution in [0.3, 0.4) is 0 Å². The lowest BCUT2D eigenvalue weighted by Gasteiger charge is -1.99. The lowest BCUT2D eigenvalue weighted by molar-refractivity contribution is 0.562. The fraction of sp³-hybridized carbons (Fsp3) is 1.00. The second-order valence-electron chi connectivity index (χ2n) is 4.41. The van der Waals surface area contributed by atoms with Gasteiger partial charge in [0.05, 0.1) is 0 Å². The first-order valence-corrected chi connectivity index (χ1v) is 7.23. The summed E-state index contributed by atoms with van der Waals surface area (Å²) in [6.45, 7) is 5.75. The first-order chi connectivity index (χ1) is 7.83. The molecule has 0 radical (unpaired) electrons. The summed E-state index contributed by atoms with van der Waals surface area (Å²) in [6.07, 6.45) is 14.4. The largest absolute Gasteiger partial charge is 0.412 e. The summed E-state index contributed by atoms with van der Waals surface area (Å²) in [5, 5.41) is 0. The van der Waals surface area contributed by atoms with Crippen molar-refractivity contribution in [3.05, 3.63) is 0 Å². The normalized spacial score (nSPS) is 9.18. The minimum absolute atomic E-state index is 0. The zero-order valence-corrected chi connectivity index (χ0v) is 12.1. The number of rotatable bonds is 10. The van der Waals surface area contributed by atoms with Crippen molar-refractivity contribution in [1.82, 2.24) is 0 Å². The van der Waals surface area contributed by atoms with Gasteiger partial charge in [-0.3, -0.25) is 0 Å². The summed E-state index contributed by atoms with van der Waals surface area (Å²) in [5.74, 6) is 0. The molecule has 0 aliphatic carbocycles. The van der Waals surface area contributed by atoms with Crippen molar-refractivity contribution >= 4 is 0 Å². The van der Waals surface area contributed by atoms with Gasteiger partial charge < -0.3 is 16.9 Å². The van der Waals surface area contributed by atoms with E-state index in [1.165, 1.54) is 64.2 Å². The Bertz CT molecular complexity index is 88.2. The van der Waals surface area contributed by atoms with E-state index in [1.807, 2.05) is 0 Å². The Morgan fingerprint density at radius 2 is 0.765 bits per heavy atom. The maximum Gasteiger partial charge on any atom is 0.00461 e. The zero-order valence-electron chi connectivity index (χ0n) is 12.1. The molecule has 0 saturated heterocycles. The molecule has 3 nitrogen and oxygen atoms in total. The van der Waals surface area contributed by atoms with Gasteiger partial charge in [-0.15, -0.1) is 0 Å². The van der Waals surface area contributed by atoms with Crippen LogP contribution in [0.2, 0.25) is 0 Å². The van der Waals surface area contributed by atoms with Crippen molar-refractivity contribution in [2.24, 2.45) is 11.5 Å². The third-order valence-corrected chi connectivity index (χ3v) is 2.62. The van der Waals surface area contributed by atoms with Crippen molar-refractivity contribution < 1.29 is 5.48 Å². The number of hydrogen-bond acceptors (Lipinski definition) is 2. The number of unbranched alkanes of at least 4 members (excludes halogenated alkanes) is 9. The van der Waals surface area contributed by atoms with Crippen LogP contribution in [0.5, 0.6) is 0 Å². The standard InChI is InChI=1S/C12H26.C2H8N2.H2O/c1-3-5-7-9-11-12-10-8-6-4-2;3-1-2-4;/h3-12H2,1-2H3;1-4H2;1H2. The van der Waals surface area contributed by atoms with Crippen molar-refractivity contribution in [3.8, 4) is 0 Å². The molecule has 0 spiro atoms. The highest BCUT2D eigenvalue weighted by molar-refractivity contribution is 4.45. The monoisotopic (exact) mass is 248 g/mol. The molecule has 0 unspecified atom stereocenters. The van der Waals surface area contributed by atoms with Crippen LogP contribution in [0.4, 0.5) is 0 Å². The maximum absolute atomic E-state index is 4.90. The molecule has 0 bridgehead atoms. The molecule has 3 heteroatoms. The minimum atomic E-state index is 0. The highest BCUT2D eigenvalue weighted by Crippen LogP contribution is 2.09. The van der Waals surface area contributed by atoms with Crippen molar-refractivity contribution in [2.75, 3.05) is 13.1 Å².